The molecule has 0 radical (unpaired) electrons. The minimum atomic E-state index is -0.504. The van der Waals surface area contributed by atoms with Gasteiger partial charge in [-0.05, 0) is 47.5 Å². The highest BCUT2D eigenvalue weighted by atomic mass is 79.9. The molecule has 0 bridgehead atoms. The van der Waals surface area contributed by atoms with Gasteiger partial charge in [0, 0.05) is 20.8 Å². The first-order valence-electron chi connectivity index (χ1n) is 6.75. The first-order chi connectivity index (χ1) is 10.3. The maximum absolute atomic E-state index is 13.4. The molecule has 0 aliphatic heterocycles. The fourth-order valence-corrected chi connectivity index (χ4v) is 3.55. The number of benzene rings is 2. The summed E-state index contributed by atoms with van der Waals surface area (Å²) in [6.45, 7) is 3.46. The summed E-state index contributed by atoms with van der Waals surface area (Å²) in [5.74, 6) is -1.89. The Labute approximate surface area is 145 Å². The largest absolute Gasteiger partial charge is 0.298 e. The monoisotopic (exact) mass is 430 g/mol. The average molecular weight is 432 g/mol. The fourth-order valence-electron chi connectivity index (χ4n) is 2.37. The van der Waals surface area contributed by atoms with Crippen LogP contribution in [0.5, 0.6) is 0 Å². The zero-order chi connectivity index (χ0) is 16.4. The average Bonchev–Trinajstić information content (AvgIpc) is 2.50. The number of hydrogen-bond donors (Lipinski definition) is 0. The van der Waals surface area contributed by atoms with Crippen LogP contribution in [0.3, 0.4) is 0 Å². The second-order valence-corrected chi connectivity index (χ2v) is 6.89. The summed E-state index contributed by atoms with van der Waals surface area (Å²) in [6.07, 6.45) is 0. The van der Waals surface area contributed by atoms with Crippen molar-refractivity contribution in [3.05, 3.63) is 68.1 Å². The van der Waals surface area contributed by atoms with Gasteiger partial charge in [-0.25, -0.2) is 8.78 Å². The Bertz CT molecular complexity index is 656. The third kappa shape index (κ3) is 3.63. The molecule has 2 aromatic rings. The van der Waals surface area contributed by atoms with Crippen molar-refractivity contribution in [2.45, 2.75) is 25.7 Å². The lowest BCUT2D eigenvalue weighted by Gasteiger charge is -2.19. The maximum Gasteiger partial charge on any atom is 0.147 e. The molecule has 0 aliphatic rings. The van der Waals surface area contributed by atoms with Crippen molar-refractivity contribution in [1.82, 2.24) is 0 Å². The molecule has 1 nitrogen and oxygen atoms in total. The number of carbonyl (C=O) groups is 1. The van der Waals surface area contributed by atoms with Gasteiger partial charge in [-0.3, -0.25) is 4.79 Å². The number of hydrogen-bond acceptors (Lipinski definition) is 1. The van der Waals surface area contributed by atoms with E-state index >= 15 is 0 Å². The number of Topliss-reactive ketones (excluding diaryl/α,β-unsaturated/α-hetero) is 1. The van der Waals surface area contributed by atoms with Crippen molar-refractivity contribution in [2.24, 2.45) is 0 Å². The summed E-state index contributed by atoms with van der Waals surface area (Å²) >= 11 is 6.69. The van der Waals surface area contributed by atoms with Crippen LogP contribution in [-0.4, -0.2) is 5.78 Å². The predicted octanol–water partition coefficient (Wildman–Crippen LogP) is 5.97. The van der Waals surface area contributed by atoms with Crippen molar-refractivity contribution < 1.29 is 13.6 Å². The molecule has 0 fully saturated rings. The van der Waals surface area contributed by atoms with Crippen molar-refractivity contribution in [3.8, 4) is 0 Å². The Kier molecular flexibility index (Phi) is 5.50. The first-order valence-corrected chi connectivity index (χ1v) is 8.33. The molecule has 5 heteroatoms. The van der Waals surface area contributed by atoms with E-state index in [4.69, 9.17) is 0 Å². The van der Waals surface area contributed by atoms with E-state index in [1.165, 1.54) is 24.3 Å². The van der Waals surface area contributed by atoms with Gasteiger partial charge in [-0.1, -0.05) is 45.7 Å². The predicted molar refractivity (Wildman–Crippen MR) is 90.0 cm³/mol. The van der Waals surface area contributed by atoms with Gasteiger partial charge >= 0.3 is 0 Å². The van der Waals surface area contributed by atoms with E-state index in [1.54, 1.807) is 26.0 Å². The summed E-state index contributed by atoms with van der Waals surface area (Å²) < 4.78 is 28.2. The van der Waals surface area contributed by atoms with E-state index in [1.807, 2.05) is 0 Å². The molecule has 22 heavy (non-hydrogen) atoms. The van der Waals surface area contributed by atoms with E-state index in [2.05, 4.69) is 31.9 Å². The van der Waals surface area contributed by atoms with Gasteiger partial charge in [0.1, 0.15) is 17.4 Å². The van der Waals surface area contributed by atoms with E-state index < -0.39 is 23.5 Å². The second kappa shape index (κ2) is 7.01. The Hall–Kier alpha value is -1.07. The number of ketones is 1. The molecule has 2 aromatic carbocycles. The standard InChI is InChI=1S/C17H14Br2F2O/c1-9(13-7-11(20)3-5-15(13)18)17(22)10(2)14-8-12(21)4-6-16(14)19/h3-10H,1-2H3. The van der Waals surface area contributed by atoms with Crippen LogP contribution < -0.4 is 0 Å². The van der Waals surface area contributed by atoms with Crippen LogP contribution in [0.1, 0.15) is 36.8 Å². The van der Waals surface area contributed by atoms with Gasteiger partial charge in [-0.2, -0.15) is 0 Å². The van der Waals surface area contributed by atoms with Crippen LogP contribution >= 0.6 is 31.9 Å². The normalized spacial score (nSPS) is 13.7. The molecule has 0 aliphatic carbocycles. The van der Waals surface area contributed by atoms with Gasteiger partial charge in [0.25, 0.3) is 0 Å². The highest BCUT2D eigenvalue weighted by molar-refractivity contribution is 9.10. The highest BCUT2D eigenvalue weighted by Gasteiger charge is 2.26. The van der Waals surface area contributed by atoms with Crippen LogP contribution in [0.25, 0.3) is 0 Å². The maximum atomic E-state index is 13.4. The third-order valence-corrected chi connectivity index (χ3v) is 5.15. The van der Waals surface area contributed by atoms with Crippen LogP contribution in [0.4, 0.5) is 8.78 Å². The molecule has 0 saturated carbocycles. The Morgan fingerprint density at radius 2 is 1.23 bits per heavy atom. The van der Waals surface area contributed by atoms with Crippen LogP contribution in [-0.2, 0) is 4.79 Å². The number of halogens is 4. The Morgan fingerprint density at radius 3 is 1.59 bits per heavy atom. The SMILES string of the molecule is CC(C(=O)C(C)c1cc(F)ccc1Br)c1cc(F)ccc1Br. The quantitative estimate of drug-likeness (QED) is 0.583. The molecule has 2 atom stereocenters. The number of carbonyl (C=O) groups excluding carboxylic acids is 1. The molecule has 0 aromatic heterocycles. The molecule has 0 saturated heterocycles. The zero-order valence-corrected chi connectivity index (χ0v) is 15.2. The molecule has 2 unspecified atom stereocenters. The van der Waals surface area contributed by atoms with Crippen molar-refractivity contribution in [2.75, 3.05) is 0 Å². The summed E-state index contributed by atoms with van der Waals surface area (Å²) in [6, 6.07) is 8.52. The van der Waals surface area contributed by atoms with Gasteiger partial charge in [0.2, 0.25) is 0 Å². The van der Waals surface area contributed by atoms with Gasteiger partial charge < -0.3 is 0 Å². The lowest BCUT2D eigenvalue weighted by molar-refractivity contribution is -0.121. The highest BCUT2D eigenvalue weighted by Crippen LogP contribution is 2.33. The van der Waals surface area contributed by atoms with Crippen molar-refractivity contribution in [3.63, 3.8) is 0 Å². The molecule has 0 heterocycles. The smallest absolute Gasteiger partial charge is 0.147 e. The topological polar surface area (TPSA) is 17.1 Å². The molecular weight excluding hydrogens is 418 g/mol. The second-order valence-electron chi connectivity index (χ2n) is 5.18. The van der Waals surface area contributed by atoms with Crippen molar-refractivity contribution in [1.29, 1.82) is 0 Å². The molecule has 0 spiro atoms. The summed E-state index contributed by atoms with van der Waals surface area (Å²) in [4.78, 5) is 12.7. The molecular formula is C17H14Br2F2O. The van der Waals surface area contributed by atoms with E-state index in [9.17, 15) is 13.6 Å². The molecule has 0 amide bonds. The van der Waals surface area contributed by atoms with Crippen LogP contribution in [0.15, 0.2) is 45.3 Å². The lowest BCUT2D eigenvalue weighted by atomic mass is 9.86. The van der Waals surface area contributed by atoms with Crippen molar-refractivity contribution >= 4 is 37.6 Å². The van der Waals surface area contributed by atoms with Gasteiger partial charge in [0.05, 0.1) is 0 Å². The molecule has 0 N–H and O–H groups in total. The Balaban J connectivity index is 2.34. The van der Waals surface area contributed by atoms with E-state index in [-0.39, 0.29) is 5.78 Å². The van der Waals surface area contributed by atoms with Gasteiger partial charge in [0.15, 0.2) is 0 Å². The minimum Gasteiger partial charge on any atom is -0.298 e. The fraction of sp³-hybridized carbons (Fsp3) is 0.235. The van der Waals surface area contributed by atoms with Gasteiger partial charge in [-0.15, -0.1) is 0 Å². The number of rotatable bonds is 4. The van der Waals surface area contributed by atoms with Crippen LogP contribution in [0.2, 0.25) is 0 Å². The zero-order valence-electron chi connectivity index (χ0n) is 12.0. The minimum absolute atomic E-state index is 0.0994. The molecule has 116 valence electrons. The molecule has 2 rings (SSSR count). The third-order valence-electron chi connectivity index (χ3n) is 3.70. The van der Waals surface area contributed by atoms with E-state index in [0.717, 1.165) is 0 Å². The first kappa shape index (κ1) is 17.3. The lowest BCUT2D eigenvalue weighted by Crippen LogP contribution is -2.17. The van der Waals surface area contributed by atoms with Crippen LogP contribution in [0, 0.1) is 11.6 Å². The summed E-state index contributed by atoms with van der Waals surface area (Å²) in [5, 5.41) is 0. The summed E-state index contributed by atoms with van der Waals surface area (Å²) in [7, 11) is 0. The Morgan fingerprint density at radius 1 is 0.864 bits per heavy atom. The summed E-state index contributed by atoms with van der Waals surface area (Å²) in [5.41, 5.74) is 1.17. The van der Waals surface area contributed by atoms with E-state index in [0.29, 0.717) is 20.1 Å².